The van der Waals surface area contributed by atoms with Gasteiger partial charge in [-0.05, 0) is 50.5 Å². The Bertz CT molecular complexity index is 915. The second-order valence-electron chi connectivity index (χ2n) is 7.45. The molecule has 1 amide bonds. The standard InChI is InChI=1S/C22H28N2O3S/c1-17-10-12-19(13-11-17)18(2)23-22(25)20-8-7-9-21(16-20)28(26,27)24-14-5-3-4-6-15-24/h7-13,16,18H,3-6,14-15H2,1-2H3,(H,23,25)/t18-/m0/s1. The minimum absolute atomic E-state index is 0.168. The van der Waals surface area contributed by atoms with Crippen molar-refractivity contribution < 1.29 is 13.2 Å². The molecule has 0 saturated carbocycles. The smallest absolute Gasteiger partial charge is 0.251 e. The summed E-state index contributed by atoms with van der Waals surface area (Å²) in [5.41, 5.74) is 2.52. The monoisotopic (exact) mass is 400 g/mol. The van der Waals surface area contributed by atoms with Crippen LogP contribution in [0.2, 0.25) is 0 Å². The van der Waals surface area contributed by atoms with Crippen LogP contribution in [-0.2, 0) is 10.0 Å². The van der Waals surface area contributed by atoms with Crippen LogP contribution in [0.3, 0.4) is 0 Å². The van der Waals surface area contributed by atoms with Gasteiger partial charge >= 0.3 is 0 Å². The molecule has 1 saturated heterocycles. The fourth-order valence-corrected chi connectivity index (χ4v) is 5.01. The van der Waals surface area contributed by atoms with Crippen LogP contribution in [0.4, 0.5) is 0 Å². The zero-order valence-corrected chi connectivity index (χ0v) is 17.3. The lowest BCUT2D eigenvalue weighted by Crippen LogP contribution is -2.32. The van der Waals surface area contributed by atoms with Gasteiger partial charge in [0.15, 0.2) is 0 Å². The Hall–Kier alpha value is -2.18. The molecule has 0 spiro atoms. The van der Waals surface area contributed by atoms with Crippen LogP contribution in [0.5, 0.6) is 0 Å². The lowest BCUT2D eigenvalue weighted by Gasteiger charge is -2.20. The number of hydrogen-bond acceptors (Lipinski definition) is 3. The van der Waals surface area contributed by atoms with Crippen LogP contribution in [0.1, 0.15) is 60.1 Å². The van der Waals surface area contributed by atoms with Gasteiger partial charge in [-0.3, -0.25) is 4.79 Å². The number of amides is 1. The number of nitrogens with one attached hydrogen (secondary N) is 1. The topological polar surface area (TPSA) is 66.5 Å². The number of rotatable bonds is 5. The van der Waals surface area contributed by atoms with Gasteiger partial charge in [-0.25, -0.2) is 8.42 Å². The van der Waals surface area contributed by atoms with E-state index in [0.717, 1.165) is 36.8 Å². The molecule has 6 heteroatoms. The van der Waals surface area contributed by atoms with Crippen molar-refractivity contribution in [1.82, 2.24) is 9.62 Å². The Morgan fingerprint density at radius 3 is 2.29 bits per heavy atom. The summed E-state index contributed by atoms with van der Waals surface area (Å²) in [7, 11) is -3.57. The zero-order valence-electron chi connectivity index (χ0n) is 16.5. The van der Waals surface area contributed by atoms with E-state index < -0.39 is 10.0 Å². The SMILES string of the molecule is Cc1ccc([C@H](C)NC(=O)c2cccc(S(=O)(=O)N3CCCCCC3)c2)cc1. The van der Waals surface area contributed by atoms with Crippen molar-refractivity contribution in [3.63, 3.8) is 0 Å². The Labute approximate surface area is 167 Å². The van der Waals surface area contributed by atoms with E-state index in [4.69, 9.17) is 0 Å². The normalized spacial score (nSPS) is 16.9. The maximum absolute atomic E-state index is 13.0. The first-order valence-corrected chi connectivity index (χ1v) is 11.3. The van der Waals surface area contributed by atoms with Crippen LogP contribution in [0, 0.1) is 6.92 Å². The highest BCUT2D eigenvalue weighted by Crippen LogP contribution is 2.22. The molecular formula is C22H28N2O3S. The molecule has 0 radical (unpaired) electrons. The average molecular weight is 401 g/mol. The lowest BCUT2D eigenvalue weighted by atomic mass is 10.1. The Morgan fingerprint density at radius 2 is 1.64 bits per heavy atom. The maximum Gasteiger partial charge on any atom is 0.251 e. The van der Waals surface area contributed by atoms with Gasteiger partial charge in [0, 0.05) is 18.7 Å². The fourth-order valence-electron chi connectivity index (χ4n) is 3.45. The van der Waals surface area contributed by atoms with Gasteiger partial charge in [-0.2, -0.15) is 4.31 Å². The number of benzene rings is 2. The molecule has 28 heavy (non-hydrogen) atoms. The van der Waals surface area contributed by atoms with Crippen molar-refractivity contribution in [3.05, 3.63) is 65.2 Å². The zero-order chi connectivity index (χ0) is 20.1. The summed E-state index contributed by atoms with van der Waals surface area (Å²) < 4.78 is 27.5. The van der Waals surface area contributed by atoms with E-state index in [1.165, 1.54) is 6.07 Å². The molecule has 0 unspecified atom stereocenters. The van der Waals surface area contributed by atoms with Gasteiger partial charge in [0.25, 0.3) is 5.91 Å². The summed E-state index contributed by atoms with van der Waals surface area (Å²) in [5.74, 6) is -0.277. The summed E-state index contributed by atoms with van der Waals surface area (Å²) in [5, 5.41) is 2.95. The summed E-state index contributed by atoms with van der Waals surface area (Å²) in [4.78, 5) is 12.9. The second kappa shape index (κ2) is 8.88. The van der Waals surface area contributed by atoms with Gasteiger partial charge in [0.05, 0.1) is 10.9 Å². The third kappa shape index (κ3) is 4.80. The first-order chi connectivity index (χ1) is 13.4. The van der Waals surface area contributed by atoms with Crippen LogP contribution in [-0.4, -0.2) is 31.7 Å². The molecule has 2 aromatic rings. The number of hydrogen-bond donors (Lipinski definition) is 1. The molecule has 1 atom stereocenters. The molecule has 150 valence electrons. The number of carbonyl (C=O) groups is 1. The van der Waals surface area contributed by atoms with Gasteiger partial charge in [-0.15, -0.1) is 0 Å². The Balaban J connectivity index is 1.76. The molecule has 1 aliphatic heterocycles. The number of sulfonamides is 1. The van der Waals surface area contributed by atoms with Crippen molar-refractivity contribution in [3.8, 4) is 0 Å². The van der Waals surface area contributed by atoms with Crippen molar-refractivity contribution in [2.24, 2.45) is 0 Å². The Kier molecular flexibility index (Phi) is 6.52. The van der Waals surface area contributed by atoms with E-state index in [-0.39, 0.29) is 16.8 Å². The predicted molar refractivity (Wildman–Crippen MR) is 111 cm³/mol. The highest BCUT2D eigenvalue weighted by Gasteiger charge is 2.26. The van der Waals surface area contributed by atoms with Crippen molar-refractivity contribution >= 4 is 15.9 Å². The molecule has 0 bridgehead atoms. The molecule has 1 N–H and O–H groups in total. The molecule has 0 aromatic heterocycles. The van der Waals surface area contributed by atoms with E-state index in [1.54, 1.807) is 22.5 Å². The van der Waals surface area contributed by atoms with E-state index >= 15 is 0 Å². The average Bonchev–Trinajstić information content (AvgIpc) is 2.98. The highest BCUT2D eigenvalue weighted by atomic mass is 32.2. The van der Waals surface area contributed by atoms with Crippen molar-refractivity contribution in [1.29, 1.82) is 0 Å². The van der Waals surface area contributed by atoms with E-state index in [0.29, 0.717) is 18.7 Å². The van der Waals surface area contributed by atoms with Crippen LogP contribution in [0.15, 0.2) is 53.4 Å². The number of nitrogens with zero attached hydrogens (tertiary/aromatic N) is 1. The van der Waals surface area contributed by atoms with Gasteiger partial charge < -0.3 is 5.32 Å². The number of carbonyl (C=O) groups excluding carboxylic acids is 1. The lowest BCUT2D eigenvalue weighted by molar-refractivity contribution is 0.0939. The maximum atomic E-state index is 13.0. The molecule has 1 fully saturated rings. The summed E-state index contributed by atoms with van der Waals surface area (Å²) >= 11 is 0. The van der Waals surface area contributed by atoms with Gasteiger partial charge in [-0.1, -0.05) is 48.7 Å². The molecule has 3 rings (SSSR count). The minimum Gasteiger partial charge on any atom is -0.346 e. The van der Waals surface area contributed by atoms with E-state index in [2.05, 4.69) is 5.32 Å². The van der Waals surface area contributed by atoms with E-state index in [9.17, 15) is 13.2 Å². The molecule has 1 heterocycles. The van der Waals surface area contributed by atoms with Crippen LogP contribution in [0.25, 0.3) is 0 Å². The van der Waals surface area contributed by atoms with Crippen molar-refractivity contribution in [2.75, 3.05) is 13.1 Å². The first kappa shape index (κ1) is 20.6. The quantitative estimate of drug-likeness (QED) is 0.823. The van der Waals surface area contributed by atoms with Gasteiger partial charge in [0.2, 0.25) is 10.0 Å². The first-order valence-electron chi connectivity index (χ1n) is 9.85. The molecule has 2 aromatic carbocycles. The predicted octanol–water partition coefficient (Wildman–Crippen LogP) is 4.05. The van der Waals surface area contributed by atoms with E-state index in [1.807, 2.05) is 38.1 Å². The van der Waals surface area contributed by atoms with Gasteiger partial charge in [0.1, 0.15) is 0 Å². The third-order valence-corrected chi connectivity index (χ3v) is 7.12. The third-order valence-electron chi connectivity index (χ3n) is 5.22. The summed E-state index contributed by atoms with van der Waals surface area (Å²) in [6, 6.07) is 14.2. The highest BCUT2D eigenvalue weighted by molar-refractivity contribution is 7.89. The molecule has 5 nitrogen and oxygen atoms in total. The molecule has 0 aliphatic carbocycles. The molecular weight excluding hydrogens is 372 g/mol. The van der Waals surface area contributed by atoms with Crippen LogP contribution < -0.4 is 5.32 Å². The van der Waals surface area contributed by atoms with Crippen LogP contribution >= 0.6 is 0 Å². The minimum atomic E-state index is -3.57. The molecule has 1 aliphatic rings. The largest absolute Gasteiger partial charge is 0.346 e. The Morgan fingerprint density at radius 1 is 1.00 bits per heavy atom. The summed E-state index contributed by atoms with van der Waals surface area (Å²) in [6.45, 7) is 5.02. The second-order valence-corrected chi connectivity index (χ2v) is 9.39. The fraction of sp³-hybridized carbons (Fsp3) is 0.409. The number of aryl methyl sites for hydroxylation is 1. The summed E-state index contributed by atoms with van der Waals surface area (Å²) in [6.07, 6.45) is 3.89. The van der Waals surface area contributed by atoms with Crippen molar-refractivity contribution in [2.45, 2.75) is 50.5 Å².